The first-order valence-corrected chi connectivity index (χ1v) is 6.23. The van der Waals surface area contributed by atoms with Gasteiger partial charge in [0, 0.05) is 13.5 Å². The minimum Gasteiger partial charge on any atom is -0.394 e. The van der Waals surface area contributed by atoms with Gasteiger partial charge in [-0.05, 0) is 0 Å². The van der Waals surface area contributed by atoms with Gasteiger partial charge in [-0.1, -0.05) is 0 Å². The first-order valence-electron chi connectivity index (χ1n) is 6.23. The highest BCUT2D eigenvalue weighted by atomic mass is 16.5. The van der Waals surface area contributed by atoms with E-state index in [-0.39, 0.29) is 13.0 Å². The van der Waals surface area contributed by atoms with Crippen LogP contribution in [0, 0.1) is 0 Å². The minimum atomic E-state index is -0.813. The number of hydrogen-bond acceptors (Lipinski definition) is 7. The summed E-state index contributed by atoms with van der Waals surface area (Å²) in [5, 5.41) is 21.7. The second kappa shape index (κ2) is 4.85. The molecular formula is C11H15N5O4. The number of hydrogen-bond donors (Lipinski definition) is 4. The van der Waals surface area contributed by atoms with Crippen LogP contribution in [0.1, 0.15) is 12.6 Å². The van der Waals surface area contributed by atoms with Gasteiger partial charge < -0.3 is 25.3 Å². The van der Waals surface area contributed by atoms with Gasteiger partial charge in [0.25, 0.3) is 0 Å². The molecule has 2 aromatic heterocycles. The van der Waals surface area contributed by atoms with Crippen molar-refractivity contribution in [3.05, 3.63) is 16.8 Å². The van der Waals surface area contributed by atoms with Crippen molar-refractivity contribution in [2.24, 2.45) is 0 Å². The van der Waals surface area contributed by atoms with Crippen LogP contribution in [0.2, 0.25) is 0 Å². The highest BCUT2D eigenvalue weighted by Crippen LogP contribution is 2.29. The largest absolute Gasteiger partial charge is 0.394 e. The molecule has 0 unspecified atom stereocenters. The molecule has 3 rings (SSSR count). The fourth-order valence-electron chi connectivity index (χ4n) is 2.43. The second-order valence-corrected chi connectivity index (χ2v) is 4.59. The third-order valence-corrected chi connectivity index (χ3v) is 3.42. The number of aliphatic hydroxyl groups is 2. The van der Waals surface area contributed by atoms with Crippen LogP contribution in [0.5, 0.6) is 0 Å². The third kappa shape index (κ3) is 1.87. The Hall–Kier alpha value is -1.97. The summed E-state index contributed by atoms with van der Waals surface area (Å²) in [7, 11) is 1.69. The van der Waals surface area contributed by atoms with Crippen LogP contribution in [0.15, 0.2) is 11.1 Å². The molecule has 108 valence electrons. The lowest BCUT2D eigenvalue weighted by atomic mass is 10.2. The summed E-state index contributed by atoms with van der Waals surface area (Å²) in [5.41, 5.74) is 0.475. The van der Waals surface area contributed by atoms with Crippen molar-refractivity contribution in [3.63, 3.8) is 0 Å². The number of rotatable bonds is 3. The maximum absolute atomic E-state index is 12.1. The van der Waals surface area contributed by atoms with Crippen LogP contribution < -0.4 is 11.0 Å². The number of aromatic amines is 1. The van der Waals surface area contributed by atoms with Crippen LogP contribution >= 0.6 is 0 Å². The molecule has 1 aliphatic heterocycles. The van der Waals surface area contributed by atoms with Gasteiger partial charge in [0.15, 0.2) is 11.5 Å². The molecule has 2 aromatic rings. The van der Waals surface area contributed by atoms with E-state index in [0.717, 1.165) is 0 Å². The smallest absolute Gasteiger partial charge is 0.329 e. The summed E-state index contributed by atoms with van der Waals surface area (Å²) in [6, 6.07) is 0. The molecule has 20 heavy (non-hydrogen) atoms. The van der Waals surface area contributed by atoms with E-state index in [1.807, 2.05) is 0 Å². The summed E-state index contributed by atoms with van der Waals surface area (Å²) in [6.07, 6.45) is -0.609. The lowest BCUT2D eigenvalue weighted by molar-refractivity contribution is -0.0441. The Labute approximate surface area is 113 Å². The van der Waals surface area contributed by atoms with E-state index in [4.69, 9.17) is 9.84 Å². The number of H-pyrrole nitrogens is 1. The van der Waals surface area contributed by atoms with Crippen molar-refractivity contribution in [1.29, 1.82) is 0 Å². The molecule has 0 saturated carbocycles. The number of aliphatic hydroxyl groups excluding tert-OH is 2. The van der Waals surface area contributed by atoms with Gasteiger partial charge in [-0.15, -0.1) is 0 Å². The SMILES string of the molecule is CNc1ncnc2c1[nH]c(=O)n2[C@H]1C[C@H](O)[C@@H](CO)O1. The zero-order chi connectivity index (χ0) is 14.3. The predicted molar refractivity (Wildman–Crippen MR) is 69.3 cm³/mol. The number of nitrogens with zero attached hydrogens (tertiary/aromatic N) is 3. The molecule has 0 spiro atoms. The Balaban J connectivity index is 2.09. The fraction of sp³-hybridized carbons (Fsp3) is 0.545. The number of aromatic nitrogens is 4. The quantitative estimate of drug-likeness (QED) is 0.557. The third-order valence-electron chi connectivity index (χ3n) is 3.42. The monoisotopic (exact) mass is 281 g/mol. The van der Waals surface area contributed by atoms with Gasteiger partial charge in [0.2, 0.25) is 0 Å². The zero-order valence-electron chi connectivity index (χ0n) is 10.8. The van der Waals surface area contributed by atoms with Gasteiger partial charge in [0.05, 0.1) is 12.7 Å². The van der Waals surface area contributed by atoms with Crippen molar-refractivity contribution in [3.8, 4) is 0 Å². The predicted octanol–water partition coefficient (Wildman–Crippen LogP) is -1.20. The van der Waals surface area contributed by atoms with Gasteiger partial charge in [-0.3, -0.25) is 0 Å². The lowest BCUT2D eigenvalue weighted by Gasteiger charge is -2.12. The number of imidazole rings is 1. The molecule has 0 aliphatic carbocycles. The van der Waals surface area contributed by atoms with Crippen molar-refractivity contribution in [2.45, 2.75) is 24.9 Å². The van der Waals surface area contributed by atoms with Crippen LogP contribution in [0.3, 0.4) is 0 Å². The molecule has 0 aromatic carbocycles. The van der Waals surface area contributed by atoms with Crippen LogP contribution in [0.25, 0.3) is 11.2 Å². The molecule has 1 aliphatic rings. The summed E-state index contributed by atoms with van der Waals surface area (Å²) in [4.78, 5) is 22.9. The standard InChI is InChI=1S/C11H15N5O4/c1-12-9-8-10(14-4-13-9)16(11(19)15-8)7-2-5(18)6(3-17)20-7/h4-7,17-18H,2-3H2,1H3,(H,15,19)(H,12,13,14)/t5-,6+,7+/m0/s1. The van der Waals surface area contributed by atoms with E-state index in [2.05, 4.69) is 20.3 Å². The Morgan fingerprint density at radius 2 is 2.40 bits per heavy atom. The molecule has 3 atom stereocenters. The van der Waals surface area contributed by atoms with E-state index in [1.165, 1.54) is 10.9 Å². The van der Waals surface area contributed by atoms with Gasteiger partial charge in [-0.25, -0.2) is 19.3 Å². The average molecular weight is 281 g/mol. The lowest BCUT2D eigenvalue weighted by Crippen LogP contribution is -2.25. The van der Waals surface area contributed by atoms with E-state index >= 15 is 0 Å². The molecule has 0 amide bonds. The molecule has 1 saturated heterocycles. The van der Waals surface area contributed by atoms with Crippen LogP contribution in [-0.2, 0) is 4.74 Å². The minimum absolute atomic E-state index is 0.219. The van der Waals surface area contributed by atoms with Gasteiger partial charge in [-0.2, -0.15) is 0 Å². The summed E-state index contributed by atoms with van der Waals surface area (Å²) < 4.78 is 6.82. The Morgan fingerprint density at radius 1 is 1.60 bits per heavy atom. The van der Waals surface area contributed by atoms with E-state index in [0.29, 0.717) is 17.0 Å². The second-order valence-electron chi connectivity index (χ2n) is 4.59. The number of ether oxygens (including phenoxy) is 1. The average Bonchev–Trinajstić information content (AvgIpc) is 2.97. The molecule has 9 heteroatoms. The van der Waals surface area contributed by atoms with Crippen LogP contribution in [-0.4, -0.2) is 55.6 Å². The maximum Gasteiger partial charge on any atom is 0.329 e. The molecule has 0 bridgehead atoms. The summed E-state index contributed by atoms with van der Waals surface area (Å²) in [5.74, 6) is 0.503. The Kier molecular flexibility index (Phi) is 3.16. The topological polar surface area (TPSA) is 125 Å². The first-order chi connectivity index (χ1) is 9.65. The zero-order valence-corrected chi connectivity index (χ0v) is 10.8. The molecule has 4 N–H and O–H groups in total. The Bertz CT molecular complexity index is 681. The normalized spacial score (nSPS) is 26.2. The molecule has 1 fully saturated rings. The highest BCUT2D eigenvalue weighted by Gasteiger charge is 2.36. The van der Waals surface area contributed by atoms with Crippen molar-refractivity contribution >= 4 is 17.0 Å². The number of nitrogens with one attached hydrogen (secondary N) is 2. The van der Waals surface area contributed by atoms with E-state index in [9.17, 15) is 9.90 Å². The van der Waals surface area contributed by atoms with E-state index < -0.39 is 24.1 Å². The first kappa shape index (κ1) is 13.0. The molecule has 3 heterocycles. The van der Waals surface area contributed by atoms with Gasteiger partial charge in [0.1, 0.15) is 24.2 Å². The summed E-state index contributed by atoms with van der Waals surface area (Å²) in [6.45, 7) is -0.300. The Morgan fingerprint density at radius 3 is 3.05 bits per heavy atom. The van der Waals surface area contributed by atoms with Gasteiger partial charge >= 0.3 is 5.69 Å². The maximum atomic E-state index is 12.1. The molecular weight excluding hydrogens is 266 g/mol. The fourth-order valence-corrected chi connectivity index (χ4v) is 2.43. The number of fused-ring (bicyclic) bond motifs is 1. The van der Waals surface area contributed by atoms with Crippen molar-refractivity contribution in [2.75, 3.05) is 19.0 Å². The summed E-state index contributed by atoms with van der Waals surface area (Å²) >= 11 is 0. The number of anilines is 1. The van der Waals surface area contributed by atoms with Crippen LogP contribution in [0.4, 0.5) is 5.82 Å². The van der Waals surface area contributed by atoms with Crippen molar-refractivity contribution in [1.82, 2.24) is 19.5 Å². The van der Waals surface area contributed by atoms with Crippen molar-refractivity contribution < 1.29 is 14.9 Å². The van der Waals surface area contributed by atoms with E-state index in [1.54, 1.807) is 7.05 Å². The molecule has 9 nitrogen and oxygen atoms in total. The highest BCUT2D eigenvalue weighted by molar-refractivity contribution is 5.82. The molecule has 0 radical (unpaired) electrons.